The fourth-order valence-corrected chi connectivity index (χ4v) is 3.05. The maximum atomic E-state index is 12.3. The van der Waals surface area contributed by atoms with Crippen LogP contribution >= 0.6 is 0 Å². The second-order valence-corrected chi connectivity index (χ2v) is 7.10. The maximum absolute atomic E-state index is 12.3. The first-order valence-electron chi connectivity index (χ1n) is 10.4. The van der Waals surface area contributed by atoms with Crippen molar-refractivity contribution in [2.45, 2.75) is 31.9 Å². The van der Waals surface area contributed by atoms with Crippen LogP contribution in [0.15, 0.2) is 54.6 Å². The van der Waals surface area contributed by atoms with Crippen molar-refractivity contribution in [3.05, 3.63) is 71.3 Å². The molecule has 0 saturated heterocycles. The van der Waals surface area contributed by atoms with Crippen molar-refractivity contribution >= 4 is 23.9 Å². The van der Waals surface area contributed by atoms with Crippen LogP contribution in [-0.4, -0.2) is 50.7 Å². The van der Waals surface area contributed by atoms with Gasteiger partial charge in [0.15, 0.2) is 0 Å². The van der Waals surface area contributed by atoms with E-state index in [1.165, 1.54) is 14.2 Å². The molecule has 2 amide bonds. The molecule has 0 unspecified atom stereocenters. The molecule has 9 heteroatoms. The molecule has 0 heterocycles. The molecular formula is C24H28N2O7. The van der Waals surface area contributed by atoms with Crippen molar-refractivity contribution in [1.29, 1.82) is 0 Å². The first-order valence-corrected chi connectivity index (χ1v) is 10.4. The molecule has 0 radical (unpaired) electrons. The van der Waals surface area contributed by atoms with Crippen LogP contribution in [0.25, 0.3) is 0 Å². The van der Waals surface area contributed by atoms with E-state index in [0.29, 0.717) is 17.5 Å². The quantitative estimate of drug-likeness (QED) is 0.303. The third kappa shape index (κ3) is 8.64. The van der Waals surface area contributed by atoms with Gasteiger partial charge in [0.1, 0.15) is 12.6 Å². The number of carbonyl (C=O) groups excluding carboxylic acids is 4. The number of carbonyl (C=O) groups is 4. The minimum absolute atomic E-state index is 0.00969. The number of esters is 2. The van der Waals surface area contributed by atoms with Crippen LogP contribution in [0, 0.1) is 0 Å². The molecule has 0 fully saturated rings. The number of benzene rings is 2. The topological polar surface area (TPSA) is 120 Å². The molecule has 33 heavy (non-hydrogen) atoms. The Kier molecular flexibility index (Phi) is 10.4. The molecule has 2 aromatic carbocycles. The molecule has 2 rings (SSSR count). The van der Waals surface area contributed by atoms with E-state index in [1.807, 2.05) is 30.3 Å². The molecule has 0 aliphatic carbocycles. The number of nitrogens with one attached hydrogen (secondary N) is 2. The van der Waals surface area contributed by atoms with Gasteiger partial charge in [-0.1, -0.05) is 48.5 Å². The van der Waals surface area contributed by atoms with Crippen LogP contribution in [0.4, 0.5) is 4.79 Å². The molecular weight excluding hydrogens is 428 g/mol. The normalized spacial score (nSPS) is 11.1. The Morgan fingerprint density at radius 3 is 2.30 bits per heavy atom. The number of alkyl carbamates (subject to hydrolysis) is 1. The van der Waals surface area contributed by atoms with Crippen molar-refractivity contribution in [1.82, 2.24) is 10.6 Å². The molecule has 0 bridgehead atoms. The van der Waals surface area contributed by atoms with Crippen molar-refractivity contribution in [2.75, 3.05) is 20.8 Å². The summed E-state index contributed by atoms with van der Waals surface area (Å²) in [6.07, 6.45) is -0.0805. The summed E-state index contributed by atoms with van der Waals surface area (Å²) in [5.41, 5.74) is 1.70. The zero-order valence-electron chi connectivity index (χ0n) is 18.7. The highest BCUT2D eigenvalue weighted by atomic mass is 16.6. The molecule has 0 aromatic heterocycles. The summed E-state index contributed by atoms with van der Waals surface area (Å²) in [4.78, 5) is 48.1. The van der Waals surface area contributed by atoms with E-state index in [1.54, 1.807) is 24.3 Å². The second kappa shape index (κ2) is 13.5. The molecule has 0 aliphatic heterocycles. The van der Waals surface area contributed by atoms with E-state index >= 15 is 0 Å². The zero-order chi connectivity index (χ0) is 24.1. The summed E-state index contributed by atoms with van der Waals surface area (Å²) in [6.45, 7) is 0.344. The van der Waals surface area contributed by atoms with Gasteiger partial charge in [-0.2, -0.15) is 0 Å². The summed E-state index contributed by atoms with van der Waals surface area (Å²) < 4.78 is 14.6. The molecule has 176 valence electrons. The van der Waals surface area contributed by atoms with Gasteiger partial charge in [-0.25, -0.2) is 14.4 Å². The van der Waals surface area contributed by atoms with Crippen LogP contribution in [0.3, 0.4) is 0 Å². The van der Waals surface area contributed by atoms with Gasteiger partial charge in [-0.3, -0.25) is 4.79 Å². The van der Waals surface area contributed by atoms with E-state index in [9.17, 15) is 19.2 Å². The summed E-state index contributed by atoms with van der Waals surface area (Å²) in [7, 11) is 2.51. The SMILES string of the molecule is COC(=O)c1ccccc1CC(=O)NCCC[C@H](NC(=O)OCc1ccccc1)C(=O)OC. The van der Waals surface area contributed by atoms with Crippen LogP contribution in [0.1, 0.15) is 34.3 Å². The van der Waals surface area contributed by atoms with E-state index < -0.39 is 24.1 Å². The number of hydrogen-bond acceptors (Lipinski definition) is 7. The van der Waals surface area contributed by atoms with Crippen molar-refractivity contribution in [2.24, 2.45) is 0 Å². The van der Waals surface area contributed by atoms with Crippen molar-refractivity contribution in [3.8, 4) is 0 Å². The molecule has 0 aliphatic rings. The number of amides is 2. The standard InChI is InChI=1S/C24H28N2O7/c1-31-22(28)19-12-7-6-11-18(19)15-21(27)25-14-8-13-20(23(29)32-2)26-24(30)33-16-17-9-4-3-5-10-17/h3-7,9-12,20H,8,13-16H2,1-2H3,(H,25,27)(H,26,30)/t20-/m0/s1. The minimum atomic E-state index is -0.907. The van der Waals surface area contributed by atoms with E-state index in [-0.39, 0.29) is 31.9 Å². The molecule has 2 aromatic rings. The largest absolute Gasteiger partial charge is 0.467 e. The molecule has 9 nitrogen and oxygen atoms in total. The highest BCUT2D eigenvalue weighted by Crippen LogP contribution is 2.11. The first kappa shape index (κ1) is 25.4. The van der Waals surface area contributed by atoms with Crippen LogP contribution in [-0.2, 0) is 36.8 Å². The van der Waals surface area contributed by atoms with Crippen LogP contribution < -0.4 is 10.6 Å². The molecule has 0 spiro atoms. The van der Waals surface area contributed by atoms with Crippen LogP contribution in [0.2, 0.25) is 0 Å². The fraction of sp³-hybridized carbons (Fsp3) is 0.333. The Hall–Kier alpha value is -3.88. The second-order valence-electron chi connectivity index (χ2n) is 7.10. The Morgan fingerprint density at radius 1 is 0.909 bits per heavy atom. The smallest absolute Gasteiger partial charge is 0.408 e. The lowest BCUT2D eigenvalue weighted by Gasteiger charge is -2.16. The maximum Gasteiger partial charge on any atom is 0.408 e. The highest BCUT2D eigenvalue weighted by Gasteiger charge is 2.22. The first-order chi connectivity index (χ1) is 15.9. The Morgan fingerprint density at radius 2 is 1.61 bits per heavy atom. The van der Waals surface area contributed by atoms with Gasteiger partial charge >= 0.3 is 18.0 Å². The van der Waals surface area contributed by atoms with Crippen LogP contribution in [0.5, 0.6) is 0 Å². The molecule has 0 saturated carbocycles. The van der Waals surface area contributed by atoms with Gasteiger partial charge in [0.25, 0.3) is 0 Å². The van der Waals surface area contributed by atoms with E-state index in [4.69, 9.17) is 14.2 Å². The summed E-state index contributed by atoms with van der Waals surface area (Å²) in [6, 6.07) is 14.9. The summed E-state index contributed by atoms with van der Waals surface area (Å²) in [5.74, 6) is -1.40. The van der Waals surface area contributed by atoms with Gasteiger partial charge in [-0.05, 0) is 30.0 Å². The predicted molar refractivity (Wildman–Crippen MR) is 119 cm³/mol. The molecule has 1 atom stereocenters. The summed E-state index contributed by atoms with van der Waals surface area (Å²) in [5, 5.41) is 5.23. The predicted octanol–water partition coefficient (Wildman–Crippen LogP) is 2.38. The fourth-order valence-electron chi connectivity index (χ4n) is 3.05. The number of ether oxygens (including phenoxy) is 3. The summed E-state index contributed by atoms with van der Waals surface area (Å²) >= 11 is 0. The van der Waals surface area contributed by atoms with E-state index in [0.717, 1.165) is 5.56 Å². The monoisotopic (exact) mass is 456 g/mol. The lowest BCUT2D eigenvalue weighted by molar-refractivity contribution is -0.143. The Labute approximate surface area is 192 Å². The lowest BCUT2D eigenvalue weighted by atomic mass is 10.0. The average molecular weight is 456 g/mol. The van der Waals surface area contributed by atoms with Crippen molar-refractivity contribution < 1.29 is 33.4 Å². The number of hydrogen-bond donors (Lipinski definition) is 2. The van der Waals surface area contributed by atoms with Gasteiger partial charge in [0.05, 0.1) is 26.2 Å². The van der Waals surface area contributed by atoms with Gasteiger partial charge < -0.3 is 24.8 Å². The van der Waals surface area contributed by atoms with Gasteiger partial charge in [0, 0.05) is 6.54 Å². The number of methoxy groups -OCH3 is 2. The highest BCUT2D eigenvalue weighted by molar-refractivity contribution is 5.93. The molecule has 2 N–H and O–H groups in total. The van der Waals surface area contributed by atoms with Gasteiger partial charge in [0.2, 0.25) is 5.91 Å². The zero-order valence-corrected chi connectivity index (χ0v) is 18.7. The third-order valence-electron chi connectivity index (χ3n) is 4.76. The Bertz CT molecular complexity index is 947. The van der Waals surface area contributed by atoms with Gasteiger partial charge in [-0.15, -0.1) is 0 Å². The van der Waals surface area contributed by atoms with Crippen molar-refractivity contribution in [3.63, 3.8) is 0 Å². The minimum Gasteiger partial charge on any atom is -0.467 e. The van der Waals surface area contributed by atoms with E-state index in [2.05, 4.69) is 10.6 Å². The number of rotatable bonds is 11. The lowest BCUT2D eigenvalue weighted by Crippen LogP contribution is -2.42. The average Bonchev–Trinajstić information content (AvgIpc) is 2.84. The Balaban J connectivity index is 1.78. The third-order valence-corrected chi connectivity index (χ3v) is 4.76.